The number of nitrogens with zero attached hydrogens (tertiary/aromatic N) is 6. The molecule has 0 bridgehead atoms. The lowest BCUT2D eigenvalue weighted by Gasteiger charge is -2.31. The van der Waals surface area contributed by atoms with Crippen LogP contribution in [0.15, 0.2) is 42.7 Å². The quantitative estimate of drug-likeness (QED) is 0.604. The first-order valence-electron chi connectivity index (χ1n) is 11.5. The molecule has 0 unspecified atom stereocenters. The first-order chi connectivity index (χ1) is 16.0. The minimum Gasteiger partial charge on any atom is -0.328 e. The molecule has 1 aromatic carbocycles. The van der Waals surface area contributed by atoms with Crippen LogP contribution >= 0.6 is 0 Å². The zero-order chi connectivity index (χ0) is 22.9. The van der Waals surface area contributed by atoms with Crippen molar-refractivity contribution in [3.05, 3.63) is 70.9 Å². The number of hydrogen-bond acceptors (Lipinski definition) is 5. The molecule has 1 atom stereocenters. The monoisotopic (exact) mass is 444 g/mol. The van der Waals surface area contributed by atoms with Gasteiger partial charge >= 0.3 is 0 Å². The zero-order valence-corrected chi connectivity index (χ0v) is 19.1. The average molecular weight is 445 g/mol. The molecule has 0 N–H and O–H groups in total. The van der Waals surface area contributed by atoms with Crippen molar-refractivity contribution in [2.45, 2.75) is 45.1 Å². The van der Waals surface area contributed by atoms with Crippen molar-refractivity contribution in [2.24, 2.45) is 7.05 Å². The van der Waals surface area contributed by atoms with Crippen molar-refractivity contribution >= 4 is 17.6 Å². The van der Waals surface area contributed by atoms with E-state index in [1.54, 1.807) is 24.1 Å². The van der Waals surface area contributed by atoms with Crippen LogP contribution in [0.1, 0.15) is 58.3 Å². The van der Waals surface area contributed by atoms with E-state index in [4.69, 9.17) is 9.97 Å². The van der Waals surface area contributed by atoms with E-state index in [0.29, 0.717) is 43.1 Å². The Labute approximate surface area is 193 Å². The van der Waals surface area contributed by atoms with Crippen LogP contribution in [-0.4, -0.2) is 49.6 Å². The summed E-state index contributed by atoms with van der Waals surface area (Å²) in [4.78, 5) is 39.4. The highest BCUT2D eigenvalue weighted by atomic mass is 16.2. The second kappa shape index (κ2) is 8.77. The van der Waals surface area contributed by atoms with Gasteiger partial charge in [-0.15, -0.1) is 0 Å². The van der Waals surface area contributed by atoms with Crippen molar-refractivity contribution in [2.75, 3.05) is 18.0 Å². The molecule has 4 heterocycles. The Bertz CT molecular complexity index is 1190. The van der Waals surface area contributed by atoms with Crippen LogP contribution in [0.25, 0.3) is 0 Å². The van der Waals surface area contributed by atoms with Gasteiger partial charge in [0.15, 0.2) is 5.82 Å². The number of anilines is 1. The third-order valence-corrected chi connectivity index (χ3v) is 6.59. The normalized spacial score (nSPS) is 18.0. The maximum Gasteiger partial charge on any atom is 0.257 e. The van der Waals surface area contributed by atoms with Crippen molar-refractivity contribution in [3.8, 4) is 0 Å². The molecule has 1 saturated heterocycles. The Kier molecular flexibility index (Phi) is 5.66. The van der Waals surface area contributed by atoms with Crippen molar-refractivity contribution in [3.63, 3.8) is 0 Å². The van der Waals surface area contributed by atoms with Crippen LogP contribution in [0.5, 0.6) is 0 Å². The number of aryl methyl sites for hydroxylation is 2. The number of amides is 2. The lowest BCUT2D eigenvalue weighted by molar-refractivity contribution is -0.118. The van der Waals surface area contributed by atoms with Crippen molar-refractivity contribution in [1.29, 1.82) is 0 Å². The predicted octanol–water partition coefficient (Wildman–Crippen LogP) is 3.02. The molecule has 8 nitrogen and oxygen atoms in total. The summed E-state index contributed by atoms with van der Waals surface area (Å²) in [7, 11) is 1.80. The zero-order valence-electron chi connectivity index (χ0n) is 19.1. The molecule has 5 rings (SSSR count). The highest BCUT2D eigenvalue weighted by Gasteiger charge is 2.35. The van der Waals surface area contributed by atoms with Gasteiger partial charge in [-0.2, -0.15) is 5.10 Å². The van der Waals surface area contributed by atoms with E-state index in [9.17, 15) is 9.59 Å². The van der Waals surface area contributed by atoms with Gasteiger partial charge in [-0.05, 0) is 38.2 Å². The molecule has 3 aromatic rings. The lowest BCUT2D eigenvalue weighted by Crippen LogP contribution is -2.39. The molecule has 1 fully saturated rings. The Hall–Kier alpha value is -3.55. The number of likely N-dealkylation sites (tertiary alicyclic amines) is 1. The molecule has 0 spiro atoms. The van der Waals surface area contributed by atoms with Crippen LogP contribution < -0.4 is 4.90 Å². The largest absolute Gasteiger partial charge is 0.328 e. The summed E-state index contributed by atoms with van der Waals surface area (Å²) in [6.45, 7) is 3.22. The second-order valence-corrected chi connectivity index (χ2v) is 8.81. The summed E-state index contributed by atoms with van der Waals surface area (Å²) in [6.07, 6.45) is 6.93. The summed E-state index contributed by atoms with van der Waals surface area (Å²) in [5, 5.41) is 4.14. The molecule has 0 aliphatic carbocycles. The molecule has 2 aromatic heterocycles. The fraction of sp³-hybridized carbons (Fsp3) is 0.400. The SMILES string of the molecule is Cc1nc([C@@H]2CCCN2C(=O)c2cnn(C)c2)nc2c1CCC(=O)N2CCc1ccccc1. The van der Waals surface area contributed by atoms with Gasteiger partial charge in [0.1, 0.15) is 5.82 Å². The van der Waals surface area contributed by atoms with E-state index in [-0.39, 0.29) is 17.9 Å². The highest BCUT2D eigenvalue weighted by molar-refractivity contribution is 5.96. The summed E-state index contributed by atoms with van der Waals surface area (Å²) in [5.74, 6) is 1.38. The fourth-order valence-corrected chi connectivity index (χ4v) is 4.84. The highest BCUT2D eigenvalue weighted by Crippen LogP contribution is 2.35. The van der Waals surface area contributed by atoms with E-state index in [0.717, 1.165) is 30.5 Å². The number of aromatic nitrogens is 4. The van der Waals surface area contributed by atoms with Gasteiger partial charge in [-0.1, -0.05) is 30.3 Å². The maximum absolute atomic E-state index is 13.1. The average Bonchev–Trinajstić information content (AvgIpc) is 3.48. The Morgan fingerprint density at radius 3 is 2.73 bits per heavy atom. The molecule has 0 radical (unpaired) electrons. The van der Waals surface area contributed by atoms with Crippen molar-refractivity contribution < 1.29 is 9.59 Å². The first-order valence-corrected chi connectivity index (χ1v) is 11.5. The number of benzene rings is 1. The molecule has 170 valence electrons. The predicted molar refractivity (Wildman–Crippen MR) is 124 cm³/mol. The van der Waals surface area contributed by atoms with Crippen LogP contribution in [0, 0.1) is 6.92 Å². The first kappa shape index (κ1) is 21.3. The van der Waals surface area contributed by atoms with Crippen LogP contribution in [0.4, 0.5) is 5.82 Å². The topological polar surface area (TPSA) is 84.2 Å². The minimum absolute atomic E-state index is 0.0541. The van der Waals surface area contributed by atoms with Gasteiger partial charge in [0.25, 0.3) is 5.91 Å². The summed E-state index contributed by atoms with van der Waals surface area (Å²) >= 11 is 0. The van der Waals surface area contributed by atoms with Crippen LogP contribution in [-0.2, 0) is 24.7 Å². The van der Waals surface area contributed by atoms with Crippen LogP contribution in [0.2, 0.25) is 0 Å². The van der Waals surface area contributed by atoms with Gasteiger partial charge in [0.05, 0.1) is 17.8 Å². The maximum atomic E-state index is 13.1. The molecule has 2 aliphatic rings. The molecule has 2 amide bonds. The Balaban J connectivity index is 1.45. The summed E-state index contributed by atoms with van der Waals surface area (Å²) in [6, 6.07) is 9.97. The Morgan fingerprint density at radius 2 is 1.97 bits per heavy atom. The van der Waals surface area contributed by atoms with E-state index in [1.807, 2.05) is 34.9 Å². The molecule has 8 heteroatoms. The van der Waals surface area contributed by atoms with E-state index in [2.05, 4.69) is 17.2 Å². The molecular formula is C25H28N6O2. The van der Waals surface area contributed by atoms with Gasteiger partial charge in [-0.3, -0.25) is 19.2 Å². The standard InChI is InChI=1S/C25H28N6O2/c1-17-20-10-11-22(32)31(14-12-18-7-4-3-5-8-18)24(20)28-23(27-17)21-9-6-13-30(21)25(33)19-15-26-29(2)16-19/h3-5,7-8,15-16,21H,6,9-14H2,1-2H3/t21-/m0/s1. The Morgan fingerprint density at radius 1 is 1.15 bits per heavy atom. The van der Waals surface area contributed by atoms with Gasteiger partial charge in [0.2, 0.25) is 5.91 Å². The number of hydrogen-bond donors (Lipinski definition) is 0. The van der Waals surface area contributed by atoms with E-state index >= 15 is 0 Å². The minimum atomic E-state index is -0.199. The summed E-state index contributed by atoms with van der Waals surface area (Å²) in [5.41, 5.74) is 3.69. The van der Waals surface area contributed by atoms with Gasteiger partial charge < -0.3 is 4.90 Å². The van der Waals surface area contributed by atoms with Gasteiger partial charge in [-0.25, -0.2) is 9.97 Å². The molecule has 33 heavy (non-hydrogen) atoms. The second-order valence-electron chi connectivity index (χ2n) is 8.81. The lowest BCUT2D eigenvalue weighted by atomic mass is 10.0. The molecular weight excluding hydrogens is 416 g/mol. The number of fused-ring (bicyclic) bond motifs is 1. The number of carbonyl (C=O) groups excluding carboxylic acids is 2. The number of carbonyl (C=O) groups is 2. The number of rotatable bonds is 5. The molecule has 0 saturated carbocycles. The van der Waals surface area contributed by atoms with Crippen molar-refractivity contribution in [1.82, 2.24) is 24.6 Å². The van der Waals surface area contributed by atoms with E-state index in [1.165, 1.54) is 5.56 Å². The third-order valence-electron chi connectivity index (χ3n) is 6.59. The summed E-state index contributed by atoms with van der Waals surface area (Å²) < 4.78 is 1.63. The fourth-order valence-electron chi connectivity index (χ4n) is 4.84. The van der Waals surface area contributed by atoms with Gasteiger partial charge in [0, 0.05) is 44.0 Å². The smallest absolute Gasteiger partial charge is 0.257 e. The van der Waals surface area contributed by atoms with E-state index < -0.39 is 0 Å². The third kappa shape index (κ3) is 4.13. The van der Waals surface area contributed by atoms with Crippen LogP contribution in [0.3, 0.4) is 0 Å². The molecule has 2 aliphatic heterocycles.